The number of ketones is 1. The van der Waals surface area contributed by atoms with Crippen molar-refractivity contribution in [2.45, 2.75) is 33.6 Å². The molecule has 0 unspecified atom stereocenters. The third-order valence-electron chi connectivity index (χ3n) is 2.73. The van der Waals surface area contributed by atoms with Gasteiger partial charge in [-0.15, -0.1) is 0 Å². The summed E-state index contributed by atoms with van der Waals surface area (Å²) < 4.78 is 0. The molecule has 0 N–H and O–H groups in total. The number of Topliss-reactive ketones (excluding diaryl/α,β-unsaturated/α-hetero) is 1. The second-order valence-electron chi connectivity index (χ2n) is 3.70. The van der Waals surface area contributed by atoms with E-state index in [1.165, 1.54) is 0 Å². The summed E-state index contributed by atoms with van der Waals surface area (Å²) in [4.78, 5) is 11.1. The molecule has 1 nitrogen and oxygen atoms in total. The van der Waals surface area contributed by atoms with Gasteiger partial charge in [0.05, 0.1) is 0 Å². The third-order valence-corrected chi connectivity index (χ3v) is 2.73. The Balaban J connectivity index is 2.57. The van der Waals surface area contributed by atoms with E-state index in [-0.39, 0.29) is 0 Å². The van der Waals surface area contributed by atoms with Crippen molar-refractivity contribution in [3.8, 4) is 0 Å². The Hall–Kier alpha value is -0.330. The Morgan fingerprint density at radius 3 is 2.30 bits per heavy atom. The third kappa shape index (κ3) is 1.23. The van der Waals surface area contributed by atoms with E-state index in [2.05, 4.69) is 20.8 Å². The molecule has 0 bridgehead atoms. The fraction of sp³-hybridized carbons (Fsp3) is 0.889. The molecule has 0 radical (unpaired) electrons. The number of carbonyl (C=O) groups excluding carboxylic acids is 1. The van der Waals surface area contributed by atoms with E-state index in [9.17, 15) is 4.79 Å². The first-order valence-electron chi connectivity index (χ1n) is 4.15. The normalized spacial score (nSPS) is 33.8. The molecule has 1 aliphatic carbocycles. The van der Waals surface area contributed by atoms with Gasteiger partial charge in [-0.25, -0.2) is 0 Å². The van der Waals surface area contributed by atoms with Crippen LogP contribution in [0.25, 0.3) is 0 Å². The molecule has 0 heterocycles. The van der Waals surface area contributed by atoms with Crippen molar-refractivity contribution >= 4 is 5.78 Å². The molecule has 10 heavy (non-hydrogen) atoms. The van der Waals surface area contributed by atoms with Crippen molar-refractivity contribution in [3.05, 3.63) is 0 Å². The highest BCUT2D eigenvalue weighted by Crippen LogP contribution is 2.33. The average Bonchev–Trinajstić information content (AvgIpc) is 2.14. The maximum Gasteiger partial charge on any atom is 0.135 e. The van der Waals surface area contributed by atoms with Crippen molar-refractivity contribution in [1.82, 2.24) is 0 Å². The van der Waals surface area contributed by atoms with Gasteiger partial charge in [0.25, 0.3) is 0 Å². The van der Waals surface area contributed by atoms with Crippen LogP contribution < -0.4 is 0 Å². The molecule has 0 aromatic carbocycles. The van der Waals surface area contributed by atoms with E-state index in [4.69, 9.17) is 0 Å². The monoisotopic (exact) mass is 140 g/mol. The van der Waals surface area contributed by atoms with Gasteiger partial charge in [0.15, 0.2) is 0 Å². The molecule has 1 heteroatoms. The highest BCUT2D eigenvalue weighted by Gasteiger charge is 2.32. The lowest BCUT2D eigenvalue weighted by Crippen LogP contribution is -2.15. The lowest BCUT2D eigenvalue weighted by atomic mass is 9.87. The van der Waals surface area contributed by atoms with Gasteiger partial charge in [-0.05, 0) is 18.3 Å². The predicted octanol–water partition coefficient (Wildman–Crippen LogP) is 2.26. The van der Waals surface area contributed by atoms with Gasteiger partial charge in [-0.1, -0.05) is 20.8 Å². The largest absolute Gasteiger partial charge is 0.299 e. The predicted molar refractivity (Wildman–Crippen MR) is 41.7 cm³/mol. The van der Waals surface area contributed by atoms with E-state index in [0.717, 1.165) is 12.8 Å². The summed E-state index contributed by atoms with van der Waals surface area (Å²) >= 11 is 0. The van der Waals surface area contributed by atoms with Gasteiger partial charge in [0.1, 0.15) is 5.78 Å². The van der Waals surface area contributed by atoms with Crippen LogP contribution in [-0.2, 0) is 4.79 Å². The molecule has 0 amide bonds. The van der Waals surface area contributed by atoms with Gasteiger partial charge in [0, 0.05) is 12.3 Å². The second kappa shape index (κ2) is 2.73. The summed E-state index contributed by atoms with van der Waals surface area (Å²) in [7, 11) is 0. The minimum Gasteiger partial charge on any atom is -0.299 e. The van der Waals surface area contributed by atoms with Crippen molar-refractivity contribution in [2.75, 3.05) is 0 Å². The highest BCUT2D eigenvalue weighted by atomic mass is 16.1. The van der Waals surface area contributed by atoms with Crippen LogP contribution in [0.1, 0.15) is 33.6 Å². The second-order valence-corrected chi connectivity index (χ2v) is 3.70. The lowest BCUT2D eigenvalue weighted by molar-refractivity contribution is -0.120. The summed E-state index contributed by atoms with van der Waals surface area (Å²) in [5.74, 6) is 2.15. The highest BCUT2D eigenvalue weighted by molar-refractivity contribution is 5.82. The maximum absolute atomic E-state index is 11.1. The minimum atomic E-state index is 0.333. The molecule has 0 aromatic heterocycles. The molecular formula is C9H16O. The Bertz CT molecular complexity index is 138. The lowest BCUT2D eigenvalue weighted by Gasteiger charge is -2.17. The number of carbonyl (C=O) groups is 1. The summed E-state index contributed by atoms with van der Waals surface area (Å²) in [6.45, 7) is 6.49. The van der Waals surface area contributed by atoms with Crippen LogP contribution >= 0.6 is 0 Å². The number of rotatable bonds is 1. The Morgan fingerprint density at radius 2 is 2.10 bits per heavy atom. The van der Waals surface area contributed by atoms with Crippen molar-refractivity contribution < 1.29 is 4.79 Å². The zero-order valence-electron chi connectivity index (χ0n) is 7.05. The first-order valence-corrected chi connectivity index (χ1v) is 4.15. The molecule has 0 spiro atoms. The fourth-order valence-corrected chi connectivity index (χ4v) is 1.94. The van der Waals surface area contributed by atoms with Gasteiger partial charge < -0.3 is 0 Å². The van der Waals surface area contributed by atoms with E-state index in [1.807, 2.05) is 0 Å². The van der Waals surface area contributed by atoms with E-state index < -0.39 is 0 Å². The molecular weight excluding hydrogens is 124 g/mol. The standard InChI is InChI=1S/C9H16O/c1-6(2)8-4-5-9(10)7(8)3/h6-8H,4-5H2,1-3H3/t7-,8+/m0/s1. The SMILES string of the molecule is CC(C)[C@H]1CCC(=O)[C@H]1C. The van der Waals surface area contributed by atoms with E-state index in [0.29, 0.717) is 23.5 Å². The van der Waals surface area contributed by atoms with Crippen LogP contribution in [0.3, 0.4) is 0 Å². The van der Waals surface area contributed by atoms with Crippen LogP contribution in [0.15, 0.2) is 0 Å². The summed E-state index contributed by atoms with van der Waals surface area (Å²) in [6, 6.07) is 0. The van der Waals surface area contributed by atoms with Crippen molar-refractivity contribution in [3.63, 3.8) is 0 Å². The van der Waals surface area contributed by atoms with Crippen LogP contribution in [0.4, 0.5) is 0 Å². The van der Waals surface area contributed by atoms with E-state index in [1.54, 1.807) is 0 Å². The van der Waals surface area contributed by atoms with Gasteiger partial charge in [-0.3, -0.25) is 4.79 Å². The summed E-state index contributed by atoms with van der Waals surface area (Å²) in [5.41, 5.74) is 0. The molecule has 1 rings (SSSR count). The van der Waals surface area contributed by atoms with Crippen LogP contribution in [0.5, 0.6) is 0 Å². The zero-order valence-corrected chi connectivity index (χ0v) is 7.05. The maximum atomic E-state index is 11.1. The summed E-state index contributed by atoms with van der Waals surface area (Å²) in [6.07, 6.45) is 1.95. The molecule has 0 saturated heterocycles. The quantitative estimate of drug-likeness (QED) is 0.546. The first-order chi connectivity index (χ1) is 4.63. The van der Waals surface area contributed by atoms with Crippen LogP contribution in [0.2, 0.25) is 0 Å². The van der Waals surface area contributed by atoms with Gasteiger partial charge >= 0.3 is 0 Å². The Kier molecular flexibility index (Phi) is 2.12. The van der Waals surface area contributed by atoms with Crippen LogP contribution in [-0.4, -0.2) is 5.78 Å². The van der Waals surface area contributed by atoms with Crippen molar-refractivity contribution in [1.29, 1.82) is 0 Å². The molecule has 0 aromatic rings. The van der Waals surface area contributed by atoms with E-state index >= 15 is 0 Å². The molecule has 1 fully saturated rings. The van der Waals surface area contributed by atoms with Gasteiger partial charge in [0.2, 0.25) is 0 Å². The molecule has 1 saturated carbocycles. The Morgan fingerprint density at radius 1 is 1.50 bits per heavy atom. The number of hydrogen-bond acceptors (Lipinski definition) is 1. The zero-order chi connectivity index (χ0) is 7.72. The fourth-order valence-electron chi connectivity index (χ4n) is 1.94. The van der Waals surface area contributed by atoms with Gasteiger partial charge in [-0.2, -0.15) is 0 Å². The number of hydrogen-bond donors (Lipinski definition) is 0. The Labute approximate surface area is 62.8 Å². The first kappa shape index (κ1) is 7.77. The van der Waals surface area contributed by atoms with Crippen LogP contribution in [0, 0.1) is 17.8 Å². The molecule has 2 atom stereocenters. The molecule has 0 aliphatic heterocycles. The van der Waals surface area contributed by atoms with Crippen molar-refractivity contribution in [2.24, 2.45) is 17.8 Å². The smallest absolute Gasteiger partial charge is 0.135 e. The molecule has 1 aliphatic rings. The summed E-state index contributed by atoms with van der Waals surface area (Å²) in [5, 5.41) is 0. The minimum absolute atomic E-state index is 0.333. The topological polar surface area (TPSA) is 17.1 Å². The average molecular weight is 140 g/mol. The molecule has 58 valence electrons.